The quantitative estimate of drug-likeness (QED) is 0.752. The van der Waals surface area contributed by atoms with Gasteiger partial charge in [0.15, 0.2) is 0 Å². The molecule has 0 atom stereocenters. The Morgan fingerprint density at radius 1 is 1.06 bits per heavy atom. The van der Waals surface area contributed by atoms with E-state index in [2.05, 4.69) is 15.3 Å². The molecule has 0 spiro atoms. The van der Waals surface area contributed by atoms with E-state index < -0.39 is 10.2 Å². The minimum atomic E-state index is -3.45. The molecule has 1 aromatic heterocycles. The molecule has 1 amide bonds. The number of piperidine rings is 1. The number of hydrogen-bond acceptors (Lipinski definition) is 6. The fraction of sp³-hybridized carbons (Fsp3) is 0.476. The highest BCUT2D eigenvalue weighted by molar-refractivity contribution is 7.86. The molecule has 1 N–H and O–H groups in total. The fourth-order valence-electron chi connectivity index (χ4n) is 3.91. The molecule has 9 nitrogen and oxygen atoms in total. The Labute approximate surface area is 182 Å². The van der Waals surface area contributed by atoms with Crippen molar-refractivity contribution in [2.75, 3.05) is 44.7 Å². The van der Waals surface area contributed by atoms with Crippen molar-refractivity contribution in [2.24, 2.45) is 0 Å². The summed E-state index contributed by atoms with van der Waals surface area (Å²) < 4.78 is 34.0. The molecule has 0 saturated carbocycles. The number of benzene rings is 1. The number of hydrogen-bond donors (Lipinski definition) is 1. The summed E-state index contributed by atoms with van der Waals surface area (Å²) in [4.78, 5) is 21.6. The van der Waals surface area contributed by atoms with Crippen LogP contribution in [0.3, 0.4) is 0 Å². The second kappa shape index (κ2) is 9.39. The highest BCUT2D eigenvalue weighted by atomic mass is 32.2. The van der Waals surface area contributed by atoms with Crippen LogP contribution in [0.25, 0.3) is 0 Å². The zero-order valence-corrected chi connectivity index (χ0v) is 18.3. The minimum Gasteiger partial charge on any atom is -0.379 e. The summed E-state index contributed by atoms with van der Waals surface area (Å²) in [5, 5.41) is 2.85. The van der Waals surface area contributed by atoms with Gasteiger partial charge in [-0.15, -0.1) is 0 Å². The monoisotopic (exact) mass is 445 g/mol. The molecule has 1 aromatic carbocycles. The van der Waals surface area contributed by atoms with Crippen LogP contribution >= 0.6 is 0 Å². The van der Waals surface area contributed by atoms with E-state index in [1.54, 1.807) is 17.4 Å². The molecule has 2 saturated heterocycles. The second-order valence-electron chi connectivity index (χ2n) is 7.74. The Balaban J connectivity index is 1.38. The molecule has 2 aliphatic rings. The maximum absolute atomic E-state index is 12.8. The molecule has 166 valence electrons. The number of aromatic nitrogens is 2. The van der Waals surface area contributed by atoms with E-state index in [0.29, 0.717) is 75.0 Å². The van der Waals surface area contributed by atoms with E-state index in [9.17, 15) is 13.2 Å². The van der Waals surface area contributed by atoms with E-state index in [0.717, 1.165) is 0 Å². The van der Waals surface area contributed by atoms with Gasteiger partial charge in [-0.25, -0.2) is 9.97 Å². The molecule has 10 heteroatoms. The Morgan fingerprint density at radius 2 is 1.71 bits per heavy atom. The molecule has 4 rings (SSSR count). The Kier molecular flexibility index (Phi) is 6.61. The van der Waals surface area contributed by atoms with Crippen LogP contribution in [0.15, 0.2) is 36.5 Å². The third-order valence-corrected chi connectivity index (χ3v) is 7.75. The molecule has 31 heavy (non-hydrogen) atoms. The molecule has 0 unspecified atom stereocenters. The molecule has 0 radical (unpaired) electrons. The normalized spacial score (nSPS) is 19.3. The van der Waals surface area contributed by atoms with Gasteiger partial charge in [-0.3, -0.25) is 4.79 Å². The number of morpholine rings is 1. The van der Waals surface area contributed by atoms with Crippen molar-refractivity contribution < 1.29 is 17.9 Å². The lowest BCUT2D eigenvalue weighted by Gasteiger charge is -2.35. The lowest BCUT2D eigenvalue weighted by atomic mass is 9.97. The van der Waals surface area contributed by atoms with E-state index in [1.165, 1.54) is 4.31 Å². The number of carbonyl (C=O) groups excluding carboxylic acids is 1. The molecule has 3 heterocycles. The van der Waals surface area contributed by atoms with E-state index in [4.69, 9.17) is 4.74 Å². The number of carbonyl (C=O) groups is 1. The van der Waals surface area contributed by atoms with Gasteiger partial charge >= 0.3 is 0 Å². The number of nitrogens with one attached hydrogen (secondary N) is 1. The van der Waals surface area contributed by atoms with Gasteiger partial charge < -0.3 is 10.1 Å². The highest BCUT2D eigenvalue weighted by Gasteiger charge is 2.34. The zero-order valence-electron chi connectivity index (χ0n) is 17.5. The Hall–Kier alpha value is -2.40. The minimum absolute atomic E-state index is 0.0704. The number of rotatable bonds is 5. The van der Waals surface area contributed by atoms with E-state index >= 15 is 0 Å². The molecular formula is C21H27N5O4S. The number of ether oxygens (including phenoxy) is 1. The molecule has 2 aliphatic heterocycles. The number of nitrogens with zero attached hydrogens (tertiary/aromatic N) is 4. The third kappa shape index (κ3) is 4.93. The van der Waals surface area contributed by atoms with Crippen LogP contribution in [0.4, 0.5) is 5.69 Å². The van der Waals surface area contributed by atoms with Crippen LogP contribution in [0.5, 0.6) is 0 Å². The summed E-state index contributed by atoms with van der Waals surface area (Å²) in [7, 11) is -3.45. The number of para-hydroxylation sites is 1. The summed E-state index contributed by atoms with van der Waals surface area (Å²) in [6.45, 7) is 4.34. The maximum atomic E-state index is 12.8. The zero-order chi connectivity index (χ0) is 21.8. The summed E-state index contributed by atoms with van der Waals surface area (Å²) in [5.41, 5.74) is 1.76. The SMILES string of the molecule is Cc1nc(C2CCN(S(=O)(=O)N3CCOCC3)CC2)ncc1C(=O)Nc1ccccc1. The predicted octanol–water partition coefficient (Wildman–Crippen LogP) is 1.79. The van der Waals surface area contributed by atoms with Gasteiger partial charge in [0.1, 0.15) is 5.82 Å². The van der Waals surface area contributed by atoms with Crippen molar-refractivity contribution >= 4 is 21.8 Å². The first kappa shape index (κ1) is 21.8. The van der Waals surface area contributed by atoms with Crippen molar-refractivity contribution in [2.45, 2.75) is 25.7 Å². The van der Waals surface area contributed by atoms with Gasteiger partial charge in [0.05, 0.1) is 24.5 Å². The lowest BCUT2D eigenvalue weighted by Crippen LogP contribution is -2.50. The topological polar surface area (TPSA) is 105 Å². The fourth-order valence-corrected chi connectivity index (χ4v) is 5.52. The van der Waals surface area contributed by atoms with Gasteiger partial charge in [0, 0.05) is 44.0 Å². The van der Waals surface area contributed by atoms with Crippen LogP contribution in [-0.2, 0) is 14.9 Å². The van der Waals surface area contributed by atoms with Crippen molar-refractivity contribution in [3.05, 3.63) is 53.6 Å². The Bertz CT molecular complexity index is 1020. The van der Waals surface area contributed by atoms with Crippen molar-refractivity contribution in [3.8, 4) is 0 Å². The van der Waals surface area contributed by atoms with Gasteiger partial charge in [-0.05, 0) is 31.9 Å². The largest absolute Gasteiger partial charge is 0.379 e. The van der Waals surface area contributed by atoms with Crippen LogP contribution in [-0.4, -0.2) is 72.3 Å². The second-order valence-corrected chi connectivity index (χ2v) is 9.67. The summed E-state index contributed by atoms with van der Waals surface area (Å²) in [5.74, 6) is 0.486. The molecule has 2 fully saturated rings. The van der Waals surface area contributed by atoms with Crippen molar-refractivity contribution in [3.63, 3.8) is 0 Å². The average molecular weight is 446 g/mol. The molecule has 2 aromatic rings. The van der Waals surface area contributed by atoms with Crippen molar-refractivity contribution in [1.82, 2.24) is 18.6 Å². The van der Waals surface area contributed by atoms with Gasteiger partial charge in [-0.1, -0.05) is 18.2 Å². The van der Waals surface area contributed by atoms with Crippen LogP contribution in [0.1, 0.15) is 40.6 Å². The number of anilines is 1. The first-order chi connectivity index (χ1) is 14.9. The Morgan fingerprint density at radius 3 is 2.35 bits per heavy atom. The average Bonchev–Trinajstić information content (AvgIpc) is 2.80. The van der Waals surface area contributed by atoms with Gasteiger partial charge in [-0.2, -0.15) is 17.0 Å². The number of aryl methyl sites for hydroxylation is 1. The third-order valence-electron chi connectivity index (χ3n) is 5.72. The summed E-state index contributed by atoms with van der Waals surface area (Å²) >= 11 is 0. The molecule has 0 aliphatic carbocycles. The molecular weight excluding hydrogens is 418 g/mol. The van der Waals surface area contributed by atoms with Crippen LogP contribution in [0.2, 0.25) is 0 Å². The lowest BCUT2D eigenvalue weighted by molar-refractivity contribution is 0.0696. The summed E-state index contributed by atoms with van der Waals surface area (Å²) in [6, 6.07) is 9.24. The van der Waals surface area contributed by atoms with E-state index in [1.807, 2.05) is 30.3 Å². The smallest absolute Gasteiger partial charge is 0.282 e. The number of amides is 1. The van der Waals surface area contributed by atoms with Gasteiger partial charge in [0.2, 0.25) is 0 Å². The maximum Gasteiger partial charge on any atom is 0.282 e. The predicted molar refractivity (Wildman–Crippen MR) is 116 cm³/mol. The first-order valence-corrected chi connectivity index (χ1v) is 11.9. The van der Waals surface area contributed by atoms with Gasteiger partial charge in [0.25, 0.3) is 16.1 Å². The summed E-state index contributed by atoms with van der Waals surface area (Å²) in [6.07, 6.45) is 2.87. The first-order valence-electron chi connectivity index (χ1n) is 10.5. The van der Waals surface area contributed by atoms with E-state index in [-0.39, 0.29) is 11.8 Å². The highest BCUT2D eigenvalue weighted by Crippen LogP contribution is 2.28. The standard InChI is InChI=1S/C21H27N5O4S/c1-16-19(21(27)24-18-5-3-2-4-6-18)15-22-20(23-16)17-7-9-25(10-8-17)31(28,29)26-11-13-30-14-12-26/h2-6,15,17H,7-14H2,1H3,(H,24,27). The molecule has 0 bridgehead atoms. The van der Waals surface area contributed by atoms with Crippen LogP contribution < -0.4 is 5.32 Å². The van der Waals surface area contributed by atoms with Crippen molar-refractivity contribution in [1.29, 1.82) is 0 Å². The van der Waals surface area contributed by atoms with Crippen LogP contribution in [0, 0.1) is 6.92 Å².